The lowest BCUT2D eigenvalue weighted by Gasteiger charge is -2.24. The molecule has 2 fully saturated rings. The Morgan fingerprint density at radius 1 is 1.21 bits per heavy atom. The summed E-state index contributed by atoms with van der Waals surface area (Å²) in [5.41, 5.74) is 2.80. The van der Waals surface area contributed by atoms with Crippen LogP contribution in [0.15, 0.2) is 29.3 Å². The first-order valence-corrected chi connectivity index (χ1v) is 12.0. The molecule has 3 aliphatic rings. The molecule has 8 heteroatoms. The number of hydrogen-bond donors (Lipinski definition) is 1. The summed E-state index contributed by atoms with van der Waals surface area (Å²) in [6.45, 7) is 1.85. The number of aryl methyl sites for hydroxylation is 1. The predicted octanol–water partition coefficient (Wildman–Crippen LogP) is 3.25. The smallest absolute Gasteiger partial charge is 0.239 e. The van der Waals surface area contributed by atoms with Crippen LogP contribution in [0.3, 0.4) is 0 Å². The summed E-state index contributed by atoms with van der Waals surface area (Å²) in [4.78, 5) is 24.6. The van der Waals surface area contributed by atoms with E-state index in [1.165, 1.54) is 19.1 Å². The Hall–Kier alpha value is -2.48. The van der Waals surface area contributed by atoms with Crippen molar-refractivity contribution in [2.75, 3.05) is 16.5 Å². The second kappa shape index (κ2) is 6.26. The number of nitrogens with zero attached hydrogens (tertiary/aromatic N) is 3. The van der Waals surface area contributed by atoms with E-state index in [-0.39, 0.29) is 16.8 Å². The molecule has 0 unspecified atom stereocenters. The van der Waals surface area contributed by atoms with Gasteiger partial charge >= 0.3 is 0 Å². The van der Waals surface area contributed by atoms with E-state index in [1.54, 1.807) is 24.4 Å². The third-order valence-electron chi connectivity index (χ3n) is 6.42. The van der Waals surface area contributed by atoms with Crippen molar-refractivity contribution in [3.05, 3.63) is 35.7 Å². The van der Waals surface area contributed by atoms with Gasteiger partial charge in [0.1, 0.15) is 0 Å². The first kappa shape index (κ1) is 18.5. The summed E-state index contributed by atoms with van der Waals surface area (Å²) in [7, 11) is -3.25. The normalized spacial score (nSPS) is 20.3. The summed E-state index contributed by atoms with van der Waals surface area (Å²) in [5.74, 6) is 0.630. The lowest BCUT2D eigenvalue weighted by Crippen LogP contribution is -2.39. The molecule has 1 N–H and O–H groups in total. The zero-order chi connectivity index (χ0) is 20.4. The van der Waals surface area contributed by atoms with Gasteiger partial charge < -0.3 is 10.2 Å². The Balaban J connectivity index is 1.47. The van der Waals surface area contributed by atoms with Crippen molar-refractivity contribution in [1.29, 1.82) is 0 Å². The number of fused-ring (bicyclic) bond motifs is 2. The standard InChI is InChI=1S/C21H24N4O3S/c1-13-11-15(29(2,27)28)7-8-16(13)23-20-22-12-17-18(24-20)21(9-10-21)19(26)25(17)14-5-3-4-6-14/h7-8,11-12,14H,3-6,9-10H2,1-2H3,(H,22,23,24). The van der Waals surface area contributed by atoms with E-state index in [1.807, 2.05) is 11.8 Å². The van der Waals surface area contributed by atoms with Gasteiger partial charge in [-0.3, -0.25) is 4.79 Å². The summed E-state index contributed by atoms with van der Waals surface area (Å²) in [5, 5.41) is 3.20. The molecule has 0 bridgehead atoms. The first-order valence-electron chi connectivity index (χ1n) is 10.1. The van der Waals surface area contributed by atoms with Crippen molar-refractivity contribution >= 4 is 33.1 Å². The SMILES string of the molecule is Cc1cc(S(C)(=O)=O)ccc1Nc1ncc2c(n1)C1(CC1)C(=O)N2C1CCCC1. The third kappa shape index (κ3) is 2.92. The van der Waals surface area contributed by atoms with Crippen LogP contribution in [0.1, 0.15) is 49.8 Å². The second-order valence-electron chi connectivity index (χ2n) is 8.50. The second-order valence-corrected chi connectivity index (χ2v) is 10.5. The largest absolute Gasteiger partial charge is 0.324 e. The van der Waals surface area contributed by atoms with Gasteiger partial charge in [-0.25, -0.2) is 18.4 Å². The van der Waals surface area contributed by atoms with Gasteiger partial charge in [0.05, 0.1) is 27.9 Å². The first-order chi connectivity index (χ1) is 13.8. The number of rotatable bonds is 4. The number of sulfone groups is 1. The quantitative estimate of drug-likeness (QED) is 0.829. The van der Waals surface area contributed by atoms with Crippen LogP contribution in [0.5, 0.6) is 0 Å². The summed E-state index contributed by atoms with van der Waals surface area (Å²) >= 11 is 0. The summed E-state index contributed by atoms with van der Waals surface area (Å²) in [6.07, 6.45) is 9.09. The number of nitrogens with one attached hydrogen (secondary N) is 1. The van der Waals surface area contributed by atoms with Crippen LogP contribution in [0, 0.1) is 6.92 Å². The molecule has 1 aliphatic heterocycles. The van der Waals surface area contributed by atoms with E-state index < -0.39 is 15.3 Å². The predicted molar refractivity (Wildman–Crippen MR) is 110 cm³/mol. The molecule has 29 heavy (non-hydrogen) atoms. The molecule has 0 atom stereocenters. The van der Waals surface area contributed by atoms with Crippen molar-refractivity contribution in [3.63, 3.8) is 0 Å². The number of aromatic nitrogens is 2. The molecule has 2 aromatic rings. The molecule has 0 saturated heterocycles. The molecule has 2 heterocycles. The van der Waals surface area contributed by atoms with Crippen LogP contribution in [-0.4, -0.2) is 36.6 Å². The Morgan fingerprint density at radius 2 is 1.93 bits per heavy atom. The van der Waals surface area contributed by atoms with Gasteiger partial charge in [-0.2, -0.15) is 0 Å². The number of carbonyl (C=O) groups is 1. The Labute approximate surface area is 170 Å². The van der Waals surface area contributed by atoms with Crippen molar-refractivity contribution in [1.82, 2.24) is 9.97 Å². The van der Waals surface area contributed by atoms with E-state index in [2.05, 4.69) is 10.3 Å². The van der Waals surface area contributed by atoms with Crippen LogP contribution in [-0.2, 0) is 20.0 Å². The van der Waals surface area contributed by atoms with E-state index in [4.69, 9.17) is 4.98 Å². The Kier molecular flexibility index (Phi) is 4.00. The minimum atomic E-state index is -3.25. The highest BCUT2D eigenvalue weighted by Crippen LogP contribution is 2.57. The van der Waals surface area contributed by atoms with Crippen molar-refractivity contribution < 1.29 is 13.2 Å². The zero-order valence-electron chi connectivity index (χ0n) is 16.6. The summed E-state index contributed by atoms with van der Waals surface area (Å²) < 4.78 is 23.5. The lowest BCUT2D eigenvalue weighted by molar-refractivity contribution is -0.120. The lowest BCUT2D eigenvalue weighted by atomic mass is 10.0. The minimum Gasteiger partial charge on any atom is -0.324 e. The number of benzene rings is 1. The van der Waals surface area contributed by atoms with Crippen LogP contribution < -0.4 is 10.2 Å². The fourth-order valence-corrected chi connectivity index (χ4v) is 5.34. The number of hydrogen-bond acceptors (Lipinski definition) is 6. The van der Waals surface area contributed by atoms with Crippen molar-refractivity contribution in [2.45, 2.75) is 61.8 Å². The fourth-order valence-electron chi connectivity index (χ4n) is 4.63. The van der Waals surface area contributed by atoms with E-state index in [9.17, 15) is 13.2 Å². The zero-order valence-corrected chi connectivity index (χ0v) is 17.4. The van der Waals surface area contributed by atoms with Gasteiger partial charge in [-0.05, 0) is 56.4 Å². The Bertz CT molecular complexity index is 1120. The number of amides is 1. The van der Waals surface area contributed by atoms with Gasteiger partial charge in [-0.1, -0.05) is 12.8 Å². The Morgan fingerprint density at radius 3 is 2.55 bits per heavy atom. The maximum Gasteiger partial charge on any atom is 0.239 e. The molecule has 1 aromatic heterocycles. The highest BCUT2D eigenvalue weighted by Gasteiger charge is 2.62. The van der Waals surface area contributed by atoms with Gasteiger partial charge in [0, 0.05) is 18.0 Å². The van der Waals surface area contributed by atoms with E-state index in [0.29, 0.717) is 5.95 Å². The van der Waals surface area contributed by atoms with Gasteiger partial charge in [0.15, 0.2) is 9.84 Å². The maximum absolute atomic E-state index is 13.2. The number of carbonyl (C=O) groups excluding carboxylic acids is 1. The highest BCUT2D eigenvalue weighted by atomic mass is 32.2. The van der Waals surface area contributed by atoms with E-state index in [0.717, 1.165) is 48.3 Å². The molecule has 152 valence electrons. The van der Waals surface area contributed by atoms with Crippen LogP contribution in [0.4, 0.5) is 17.3 Å². The highest BCUT2D eigenvalue weighted by molar-refractivity contribution is 7.90. The topological polar surface area (TPSA) is 92.3 Å². The molecule has 1 spiro atoms. The summed E-state index contributed by atoms with van der Waals surface area (Å²) in [6, 6.07) is 5.21. The molecule has 7 nitrogen and oxygen atoms in total. The fraction of sp³-hybridized carbons (Fsp3) is 0.476. The molecular weight excluding hydrogens is 388 g/mol. The van der Waals surface area contributed by atoms with Crippen molar-refractivity contribution in [2.24, 2.45) is 0 Å². The van der Waals surface area contributed by atoms with Crippen LogP contribution in [0.25, 0.3) is 0 Å². The maximum atomic E-state index is 13.2. The van der Waals surface area contributed by atoms with Gasteiger partial charge in [0.25, 0.3) is 0 Å². The van der Waals surface area contributed by atoms with Gasteiger partial charge in [-0.15, -0.1) is 0 Å². The van der Waals surface area contributed by atoms with Crippen LogP contribution >= 0.6 is 0 Å². The molecule has 1 amide bonds. The van der Waals surface area contributed by atoms with Crippen LogP contribution in [0.2, 0.25) is 0 Å². The third-order valence-corrected chi connectivity index (χ3v) is 7.53. The monoisotopic (exact) mass is 412 g/mol. The molecule has 2 aliphatic carbocycles. The molecular formula is C21H24N4O3S. The molecule has 2 saturated carbocycles. The minimum absolute atomic E-state index is 0.194. The molecule has 5 rings (SSSR count). The average Bonchev–Trinajstić information content (AvgIpc) is 3.24. The van der Waals surface area contributed by atoms with Crippen molar-refractivity contribution in [3.8, 4) is 0 Å². The molecule has 0 radical (unpaired) electrons. The van der Waals surface area contributed by atoms with Gasteiger partial charge in [0.2, 0.25) is 11.9 Å². The average molecular weight is 413 g/mol. The number of anilines is 3. The molecule has 1 aromatic carbocycles. The van der Waals surface area contributed by atoms with E-state index >= 15 is 0 Å².